The molecule has 5 atom stereocenters. The number of aromatic nitrogens is 1. The Bertz CT molecular complexity index is 598. The minimum Gasteiger partial charge on any atom is -0.381 e. The van der Waals surface area contributed by atoms with Gasteiger partial charge in [0.2, 0.25) is 5.91 Å². The molecule has 0 bridgehead atoms. The molecule has 1 saturated carbocycles. The van der Waals surface area contributed by atoms with Gasteiger partial charge >= 0.3 is 0 Å². The van der Waals surface area contributed by atoms with Crippen LogP contribution in [0, 0.1) is 17.8 Å². The van der Waals surface area contributed by atoms with Crippen molar-refractivity contribution in [2.75, 3.05) is 26.3 Å². The van der Waals surface area contributed by atoms with Crippen LogP contribution >= 0.6 is 0 Å². The average molecular weight is 313 g/mol. The van der Waals surface area contributed by atoms with Crippen LogP contribution in [0.25, 0.3) is 0 Å². The number of carbonyl (C=O) groups is 1. The highest BCUT2D eigenvalue weighted by molar-refractivity contribution is 5.83. The predicted octanol–water partition coefficient (Wildman–Crippen LogP) is 1.15. The molecule has 3 saturated heterocycles. The summed E-state index contributed by atoms with van der Waals surface area (Å²) >= 11 is 0. The van der Waals surface area contributed by atoms with Crippen LogP contribution in [0.1, 0.15) is 18.4 Å². The zero-order valence-electron chi connectivity index (χ0n) is 13.3. The third-order valence-corrected chi connectivity index (χ3v) is 6.32. The number of fused-ring (bicyclic) bond motifs is 2. The predicted molar refractivity (Wildman–Crippen MR) is 84.5 cm³/mol. The van der Waals surface area contributed by atoms with E-state index in [0.717, 1.165) is 45.7 Å². The summed E-state index contributed by atoms with van der Waals surface area (Å²) in [5, 5.41) is 0. The lowest BCUT2D eigenvalue weighted by atomic mass is 10.1. The van der Waals surface area contributed by atoms with Crippen molar-refractivity contribution in [3.8, 4) is 0 Å². The Balaban J connectivity index is 1.25. The van der Waals surface area contributed by atoms with Crippen LogP contribution in [0.15, 0.2) is 24.5 Å². The Hall–Kier alpha value is -1.46. The third kappa shape index (κ3) is 2.21. The van der Waals surface area contributed by atoms with Crippen molar-refractivity contribution < 1.29 is 9.53 Å². The summed E-state index contributed by atoms with van der Waals surface area (Å²) < 4.78 is 5.43. The van der Waals surface area contributed by atoms with E-state index in [9.17, 15) is 4.79 Å². The zero-order chi connectivity index (χ0) is 15.4. The summed E-state index contributed by atoms with van der Waals surface area (Å²) in [6.45, 7) is 4.59. The van der Waals surface area contributed by atoms with E-state index in [2.05, 4.69) is 20.9 Å². The number of nitrogens with zero attached hydrogens (tertiary/aromatic N) is 3. The molecule has 1 amide bonds. The first-order valence-corrected chi connectivity index (χ1v) is 8.84. The fourth-order valence-corrected chi connectivity index (χ4v) is 5.07. The molecule has 0 aromatic carbocycles. The maximum Gasteiger partial charge on any atom is 0.226 e. The number of rotatable bonds is 3. The van der Waals surface area contributed by atoms with E-state index in [1.165, 1.54) is 5.56 Å². The number of hydrogen-bond donors (Lipinski definition) is 0. The minimum absolute atomic E-state index is 0.273. The van der Waals surface area contributed by atoms with Gasteiger partial charge in [-0.05, 0) is 36.3 Å². The van der Waals surface area contributed by atoms with Crippen LogP contribution in [-0.4, -0.2) is 59.1 Å². The van der Waals surface area contributed by atoms with Crippen LogP contribution in [0.5, 0.6) is 0 Å². The quantitative estimate of drug-likeness (QED) is 0.840. The fourth-order valence-electron chi connectivity index (χ4n) is 5.07. The Labute approximate surface area is 136 Å². The Kier molecular flexibility index (Phi) is 3.20. The second-order valence-electron chi connectivity index (χ2n) is 7.47. The van der Waals surface area contributed by atoms with Gasteiger partial charge in [-0.1, -0.05) is 6.07 Å². The lowest BCUT2D eigenvalue weighted by Gasteiger charge is -2.26. The number of hydrogen-bond acceptors (Lipinski definition) is 4. The monoisotopic (exact) mass is 313 g/mol. The highest BCUT2D eigenvalue weighted by Crippen LogP contribution is 2.52. The average Bonchev–Trinajstić information content (AvgIpc) is 3.00. The largest absolute Gasteiger partial charge is 0.381 e. The molecule has 1 aromatic rings. The molecule has 5 rings (SSSR count). The highest BCUT2D eigenvalue weighted by Gasteiger charge is 2.60. The van der Waals surface area contributed by atoms with Crippen LogP contribution in [0.3, 0.4) is 0 Å². The van der Waals surface area contributed by atoms with Crippen molar-refractivity contribution in [2.24, 2.45) is 17.8 Å². The van der Waals surface area contributed by atoms with Gasteiger partial charge in [-0.25, -0.2) is 0 Å². The molecule has 0 N–H and O–H groups in total. The van der Waals surface area contributed by atoms with Crippen LogP contribution in [-0.2, 0) is 16.1 Å². The number of carbonyl (C=O) groups excluding carboxylic acids is 1. The van der Waals surface area contributed by atoms with Gasteiger partial charge in [0.25, 0.3) is 0 Å². The lowest BCUT2D eigenvalue weighted by molar-refractivity contribution is -0.134. The minimum atomic E-state index is 0.273. The van der Waals surface area contributed by atoms with Crippen molar-refractivity contribution in [2.45, 2.75) is 31.5 Å². The van der Waals surface area contributed by atoms with Crippen molar-refractivity contribution in [3.63, 3.8) is 0 Å². The smallest absolute Gasteiger partial charge is 0.226 e. The molecule has 1 aromatic heterocycles. The zero-order valence-corrected chi connectivity index (χ0v) is 13.3. The first kappa shape index (κ1) is 13.9. The maximum absolute atomic E-state index is 12.9. The molecule has 4 heterocycles. The molecule has 4 fully saturated rings. The van der Waals surface area contributed by atoms with Gasteiger partial charge in [0.15, 0.2) is 0 Å². The van der Waals surface area contributed by atoms with Gasteiger partial charge in [-0.15, -0.1) is 0 Å². The van der Waals surface area contributed by atoms with Gasteiger partial charge < -0.3 is 9.64 Å². The molecule has 1 aliphatic carbocycles. The van der Waals surface area contributed by atoms with Crippen molar-refractivity contribution >= 4 is 5.91 Å². The van der Waals surface area contributed by atoms with E-state index in [4.69, 9.17) is 4.74 Å². The first-order valence-electron chi connectivity index (χ1n) is 8.84. The van der Waals surface area contributed by atoms with Crippen molar-refractivity contribution in [1.29, 1.82) is 0 Å². The normalized spacial score (nSPS) is 38.6. The fraction of sp³-hybridized carbons (Fsp3) is 0.667. The highest BCUT2D eigenvalue weighted by atomic mass is 16.5. The standard InChI is InChI=1S/C18H23N3O2/c22-18(17-13-10-23-11-14(13)17)21-7-4-15-16(21)3-6-20(15)9-12-2-1-5-19-8-12/h1-2,5,8,13-17H,3-4,6-7,9-11H2/t13-,14+,15-,16+,17?/m0/s1. The summed E-state index contributed by atoms with van der Waals surface area (Å²) in [4.78, 5) is 21.8. The van der Waals surface area contributed by atoms with Crippen LogP contribution in [0.2, 0.25) is 0 Å². The Morgan fingerprint density at radius 1 is 1.22 bits per heavy atom. The number of ether oxygens (including phenoxy) is 1. The maximum atomic E-state index is 12.9. The molecule has 122 valence electrons. The van der Waals surface area contributed by atoms with E-state index < -0.39 is 0 Å². The second-order valence-corrected chi connectivity index (χ2v) is 7.47. The molecule has 1 unspecified atom stereocenters. The molecule has 4 aliphatic rings. The van der Waals surface area contributed by atoms with E-state index >= 15 is 0 Å². The van der Waals surface area contributed by atoms with Gasteiger partial charge in [0.05, 0.1) is 13.2 Å². The van der Waals surface area contributed by atoms with Crippen LogP contribution < -0.4 is 0 Å². The summed E-state index contributed by atoms with van der Waals surface area (Å²) in [5.41, 5.74) is 1.27. The second kappa shape index (κ2) is 5.28. The first-order chi connectivity index (χ1) is 11.3. The Morgan fingerprint density at radius 3 is 2.83 bits per heavy atom. The molecule has 5 heteroatoms. The molecular weight excluding hydrogens is 290 g/mol. The van der Waals surface area contributed by atoms with Gasteiger partial charge in [0.1, 0.15) is 0 Å². The molecular formula is C18H23N3O2. The van der Waals surface area contributed by atoms with Gasteiger partial charge in [-0.3, -0.25) is 14.7 Å². The summed E-state index contributed by atoms with van der Waals surface area (Å²) in [7, 11) is 0. The topological polar surface area (TPSA) is 45.7 Å². The van der Waals surface area contributed by atoms with E-state index in [-0.39, 0.29) is 5.92 Å². The molecule has 0 radical (unpaired) electrons. The molecule has 3 aliphatic heterocycles. The summed E-state index contributed by atoms with van der Waals surface area (Å²) in [6.07, 6.45) is 6.02. The van der Waals surface area contributed by atoms with Crippen molar-refractivity contribution in [3.05, 3.63) is 30.1 Å². The summed E-state index contributed by atoms with van der Waals surface area (Å²) in [5.74, 6) is 1.73. The van der Waals surface area contributed by atoms with Gasteiger partial charge in [0, 0.05) is 50.0 Å². The Morgan fingerprint density at radius 2 is 2.04 bits per heavy atom. The molecule has 23 heavy (non-hydrogen) atoms. The molecule has 0 spiro atoms. The van der Waals surface area contributed by atoms with E-state index in [0.29, 0.717) is 29.8 Å². The van der Waals surface area contributed by atoms with E-state index in [1.54, 1.807) is 0 Å². The SMILES string of the molecule is O=C(C1[C@H]2COC[C@@H]12)N1CC[C@H]2[C@H]1CCN2Cc1cccnc1. The van der Waals surface area contributed by atoms with E-state index in [1.807, 2.05) is 18.5 Å². The van der Waals surface area contributed by atoms with Crippen LogP contribution in [0.4, 0.5) is 0 Å². The third-order valence-electron chi connectivity index (χ3n) is 6.32. The number of likely N-dealkylation sites (tertiary alicyclic amines) is 2. The number of amides is 1. The number of pyridine rings is 1. The van der Waals surface area contributed by atoms with Gasteiger partial charge in [-0.2, -0.15) is 0 Å². The lowest BCUT2D eigenvalue weighted by Crippen LogP contribution is -2.41. The molecule has 5 nitrogen and oxygen atoms in total. The summed E-state index contributed by atoms with van der Waals surface area (Å²) in [6, 6.07) is 5.11. The van der Waals surface area contributed by atoms with Crippen molar-refractivity contribution in [1.82, 2.24) is 14.8 Å².